The van der Waals surface area contributed by atoms with Crippen LogP contribution in [-0.2, 0) is 11.3 Å². The van der Waals surface area contributed by atoms with Crippen molar-refractivity contribution >= 4 is 5.91 Å². The molecule has 1 N–H and O–H groups in total. The first-order chi connectivity index (χ1) is 8.11. The van der Waals surface area contributed by atoms with Crippen molar-refractivity contribution in [1.82, 2.24) is 4.90 Å². The summed E-state index contributed by atoms with van der Waals surface area (Å²) in [7, 11) is 0. The maximum Gasteiger partial charge on any atom is 0.223 e. The summed E-state index contributed by atoms with van der Waals surface area (Å²) in [5, 5.41) is 9.10. The highest BCUT2D eigenvalue weighted by Gasteiger charge is 2.29. The molecule has 1 unspecified atom stereocenters. The Labute approximate surface area is 102 Å². The summed E-state index contributed by atoms with van der Waals surface area (Å²) < 4.78 is 0. The van der Waals surface area contributed by atoms with Gasteiger partial charge in [-0.15, -0.1) is 0 Å². The third kappa shape index (κ3) is 2.50. The normalized spacial score (nSPS) is 20.1. The molecule has 92 valence electrons. The van der Waals surface area contributed by atoms with Gasteiger partial charge >= 0.3 is 0 Å². The topological polar surface area (TPSA) is 40.5 Å². The Morgan fingerprint density at radius 1 is 1.35 bits per heavy atom. The van der Waals surface area contributed by atoms with Crippen molar-refractivity contribution in [3.63, 3.8) is 0 Å². The molecule has 3 heteroatoms. The first-order valence-corrected chi connectivity index (χ1v) is 6.05. The van der Waals surface area contributed by atoms with Gasteiger partial charge in [-0.3, -0.25) is 4.79 Å². The van der Waals surface area contributed by atoms with Crippen LogP contribution < -0.4 is 0 Å². The van der Waals surface area contributed by atoms with Crippen LogP contribution in [0.25, 0.3) is 0 Å². The summed E-state index contributed by atoms with van der Waals surface area (Å²) in [6.07, 6.45) is 0.488. The average molecular weight is 233 g/mol. The lowest BCUT2D eigenvalue weighted by Gasteiger charge is -2.19. The predicted octanol–water partition coefficient (Wildman–Crippen LogP) is 1.64. The van der Waals surface area contributed by atoms with Gasteiger partial charge in [-0.05, 0) is 30.5 Å². The largest absolute Gasteiger partial charge is 0.396 e. The van der Waals surface area contributed by atoms with Crippen molar-refractivity contribution in [2.24, 2.45) is 5.92 Å². The summed E-state index contributed by atoms with van der Waals surface area (Å²) in [4.78, 5) is 13.6. The van der Waals surface area contributed by atoms with Gasteiger partial charge in [0, 0.05) is 32.0 Å². The molecule has 1 aromatic rings. The number of aliphatic hydroxyl groups excluding tert-OH is 1. The van der Waals surface area contributed by atoms with E-state index < -0.39 is 0 Å². The predicted molar refractivity (Wildman–Crippen MR) is 66.5 cm³/mol. The second-order valence-electron chi connectivity index (χ2n) is 4.90. The molecule has 1 aliphatic heterocycles. The molecule has 0 aliphatic carbocycles. The smallest absolute Gasteiger partial charge is 0.223 e. The van der Waals surface area contributed by atoms with Crippen molar-refractivity contribution in [3.05, 3.63) is 34.9 Å². The molecule has 1 aliphatic rings. The van der Waals surface area contributed by atoms with Gasteiger partial charge < -0.3 is 10.0 Å². The number of carbonyl (C=O) groups excluding carboxylic acids is 1. The van der Waals surface area contributed by atoms with Crippen molar-refractivity contribution in [2.45, 2.75) is 26.8 Å². The van der Waals surface area contributed by atoms with E-state index in [1.807, 2.05) is 11.0 Å². The molecule has 1 amide bonds. The third-order valence-corrected chi connectivity index (χ3v) is 3.55. The number of rotatable bonds is 3. The molecule has 0 aromatic heterocycles. The summed E-state index contributed by atoms with van der Waals surface area (Å²) in [5.74, 6) is 0.276. The van der Waals surface area contributed by atoms with Crippen LogP contribution >= 0.6 is 0 Å². The summed E-state index contributed by atoms with van der Waals surface area (Å²) in [5.41, 5.74) is 3.69. The third-order valence-electron chi connectivity index (χ3n) is 3.55. The highest BCUT2D eigenvalue weighted by atomic mass is 16.3. The van der Waals surface area contributed by atoms with Gasteiger partial charge in [0.05, 0.1) is 0 Å². The fraction of sp³-hybridized carbons (Fsp3) is 0.500. The lowest BCUT2D eigenvalue weighted by molar-refractivity contribution is -0.128. The fourth-order valence-corrected chi connectivity index (χ4v) is 2.42. The van der Waals surface area contributed by atoms with Crippen LogP contribution in [0.1, 0.15) is 23.1 Å². The Morgan fingerprint density at radius 3 is 2.53 bits per heavy atom. The maximum absolute atomic E-state index is 11.8. The Hall–Kier alpha value is -1.35. The molecule has 1 fully saturated rings. The molecule has 2 rings (SSSR count). The van der Waals surface area contributed by atoms with Gasteiger partial charge in [0.2, 0.25) is 5.91 Å². The molecule has 3 nitrogen and oxygen atoms in total. The Balaban J connectivity index is 2.14. The summed E-state index contributed by atoms with van der Waals surface area (Å²) in [6, 6.07) is 6.19. The quantitative estimate of drug-likeness (QED) is 0.862. The van der Waals surface area contributed by atoms with Gasteiger partial charge in [-0.2, -0.15) is 0 Å². The second kappa shape index (κ2) is 4.88. The number of nitrogens with zero attached hydrogens (tertiary/aromatic N) is 1. The molecule has 17 heavy (non-hydrogen) atoms. The first kappa shape index (κ1) is 12.1. The van der Waals surface area contributed by atoms with Crippen molar-refractivity contribution in [2.75, 3.05) is 13.2 Å². The number of hydrogen-bond donors (Lipinski definition) is 1. The standard InChI is InChI=1S/C14H19NO2/c1-10-4-3-5-11(2)13(10)8-15-7-12(9-16)6-14(15)17/h3-5,12,16H,6-9H2,1-2H3. The van der Waals surface area contributed by atoms with E-state index in [-0.39, 0.29) is 18.4 Å². The minimum Gasteiger partial charge on any atom is -0.396 e. The first-order valence-electron chi connectivity index (χ1n) is 6.05. The number of carbonyl (C=O) groups is 1. The Bertz CT molecular complexity index is 408. The zero-order chi connectivity index (χ0) is 12.4. The molecule has 1 heterocycles. The maximum atomic E-state index is 11.8. The van der Waals surface area contributed by atoms with Crippen molar-refractivity contribution in [3.8, 4) is 0 Å². The molecule has 0 radical (unpaired) electrons. The van der Waals surface area contributed by atoms with Crippen molar-refractivity contribution < 1.29 is 9.90 Å². The number of hydrogen-bond acceptors (Lipinski definition) is 2. The molecule has 0 bridgehead atoms. The number of aliphatic hydroxyl groups is 1. The van der Waals surface area contributed by atoms with E-state index in [1.165, 1.54) is 16.7 Å². The average Bonchev–Trinajstić information content (AvgIpc) is 2.65. The minimum absolute atomic E-state index is 0.106. The number of benzene rings is 1. The van der Waals surface area contributed by atoms with Gasteiger partial charge in [-0.25, -0.2) is 0 Å². The van der Waals surface area contributed by atoms with Gasteiger partial charge in [0.1, 0.15) is 0 Å². The lowest BCUT2D eigenvalue weighted by Crippen LogP contribution is -2.25. The van der Waals surface area contributed by atoms with Crippen LogP contribution in [0.3, 0.4) is 0 Å². The molecule has 1 aromatic carbocycles. The Morgan fingerprint density at radius 2 is 2.00 bits per heavy atom. The monoisotopic (exact) mass is 233 g/mol. The SMILES string of the molecule is Cc1cccc(C)c1CN1CC(CO)CC1=O. The van der Waals surface area contributed by atoms with Gasteiger partial charge in [0.15, 0.2) is 0 Å². The Kier molecular flexibility index (Phi) is 3.48. The lowest BCUT2D eigenvalue weighted by atomic mass is 10.0. The van der Waals surface area contributed by atoms with E-state index in [4.69, 9.17) is 5.11 Å². The van der Waals surface area contributed by atoms with Crippen LogP contribution in [0.4, 0.5) is 0 Å². The molecule has 0 saturated carbocycles. The fourth-order valence-electron chi connectivity index (χ4n) is 2.42. The van der Waals surface area contributed by atoms with Crippen LogP contribution in [0.15, 0.2) is 18.2 Å². The zero-order valence-corrected chi connectivity index (χ0v) is 10.4. The van der Waals surface area contributed by atoms with E-state index in [2.05, 4.69) is 26.0 Å². The van der Waals surface area contributed by atoms with Crippen LogP contribution in [0.2, 0.25) is 0 Å². The summed E-state index contributed by atoms with van der Waals surface area (Å²) in [6.45, 7) is 5.62. The highest BCUT2D eigenvalue weighted by Crippen LogP contribution is 2.22. The summed E-state index contributed by atoms with van der Waals surface area (Å²) >= 11 is 0. The molecular weight excluding hydrogens is 214 g/mol. The van der Waals surface area contributed by atoms with E-state index in [1.54, 1.807) is 0 Å². The van der Waals surface area contributed by atoms with Crippen LogP contribution in [0, 0.1) is 19.8 Å². The van der Waals surface area contributed by atoms with Crippen LogP contribution in [0.5, 0.6) is 0 Å². The molecular formula is C14H19NO2. The van der Waals surface area contributed by atoms with E-state index in [0.717, 1.165) is 0 Å². The number of amides is 1. The van der Waals surface area contributed by atoms with Gasteiger partial charge in [-0.1, -0.05) is 18.2 Å². The number of aryl methyl sites for hydroxylation is 2. The zero-order valence-electron chi connectivity index (χ0n) is 10.4. The van der Waals surface area contributed by atoms with E-state index in [9.17, 15) is 4.79 Å². The minimum atomic E-state index is 0.106. The van der Waals surface area contributed by atoms with E-state index in [0.29, 0.717) is 19.5 Å². The molecule has 0 spiro atoms. The molecule has 1 atom stereocenters. The number of likely N-dealkylation sites (tertiary alicyclic amines) is 1. The van der Waals surface area contributed by atoms with E-state index >= 15 is 0 Å². The highest BCUT2D eigenvalue weighted by molar-refractivity contribution is 5.78. The van der Waals surface area contributed by atoms with Gasteiger partial charge in [0.25, 0.3) is 0 Å². The van der Waals surface area contributed by atoms with Crippen LogP contribution in [-0.4, -0.2) is 29.1 Å². The van der Waals surface area contributed by atoms with Crippen molar-refractivity contribution in [1.29, 1.82) is 0 Å². The second-order valence-corrected chi connectivity index (χ2v) is 4.90. The molecule has 1 saturated heterocycles.